The minimum atomic E-state index is -0.295. The smallest absolute Gasteiger partial charge is 0.287 e. The van der Waals surface area contributed by atoms with E-state index in [4.69, 9.17) is 9.15 Å². The molecule has 1 N–H and O–H groups in total. The summed E-state index contributed by atoms with van der Waals surface area (Å²) in [6.45, 7) is 4.87. The summed E-state index contributed by atoms with van der Waals surface area (Å²) in [6.07, 6.45) is 3.61. The molecule has 1 amide bonds. The van der Waals surface area contributed by atoms with Gasteiger partial charge in [0.25, 0.3) is 5.91 Å². The number of furan rings is 1. The maximum absolute atomic E-state index is 12.2. The summed E-state index contributed by atoms with van der Waals surface area (Å²) < 4.78 is 12.9. The van der Waals surface area contributed by atoms with Gasteiger partial charge in [-0.2, -0.15) is 5.10 Å². The number of rotatable bonds is 8. The van der Waals surface area contributed by atoms with Gasteiger partial charge in [-0.25, -0.2) is 0 Å². The molecule has 7 heteroatoms. The molecule has 0 atom stereocenters. The summed E-state index contributed by atoms with van der Waals surface area (Å²) in [5, 5.41) is 6.96. The Balaban J connectivity index is 1.51. The molecular formula is C20H21N3O4. The van der Waals surface area contributed by atoms with Crippen molar-refractivity contribution in [3.63, 3.8) is 0 Å². The second-order valence-corrected chi connectivity index (χ2v) is 6.02. The number of nitrogens with zero attached hydrogens (tertiary/aromatic N) is 2. The second kappa shape index (κ2) is 8.35. The number of carbonyl (C=O) groups excluding carboxylic acids is 2. The summed E-state index contributed by atoms with van der Waals surface area (Å²) in [5.41, 5.74) is 1.55. The Hall–Kier alpha value is -3.35. The largest absolute Gasteiger partial charge is 0.486 e. The molecule has 0 aliphatic heterocycles. The normalized spacial score (nSPS) is 10.6. The third-order valence-electron chi connectivity index (χ3n) is 3.99. The zero-order valence-corrected chi connectivity index (χ0v) is 15.3. The van der Waals surface area contributed by atoms with Gasteiger partial charge in [0.15, 0.2) is 11.5 Å². The van der Waals surface area contributed by atoms with Crippen LogP contribution in [0.3, 0.4) is 0 Å². The molecule has 3 rings (SSSR count). The Morgan fingerprint density at radius 3 is 2.63 bits per heavy atom. The first-order valence-corrected chi connectivity index (χ1v) is 8.67. The van der Waals surface area contributed by atoms with Crippen LogP contribution in [-0.2, 0) is 19.7 Å². The first kappa shape index (κ1) is 18.4. The highest BCUT2D eigenvalue weighted by Gasteiger charge is 2.12. The second-order valence-electron chi connectivity index (χ2n) is 6.02. The van der Waals surface area contributed by atoms with Gasteiger partial charge in [0.2, 0.25) is 0 Å². The monoisotopic (exact) mass is 367 g/mol. The summed E-state index contributed by atoms with van der Waals surface area (Å²) in [6, 6.07) is 10.2. The van der Waals surface area contributed by atoms with E-state index < -0.39 is 0 Å². The lowest BCUT2D eigenvalue weighted by Gasteiger charge is -2.05. The lowest BCUT2D eigenvalue weighted by atomic mass is 10.1. The minimum Gasteiger partial charge on any atom is -0.486 e. The van der Waals surface area contributed by atoms with Crippen molar-refractivity contribution in [1.29, 1.82) is 0 Å². The van der Waals surface area contributed by atoms with Crippen molar-refractivity contribution in [3.05, 3.63) is 71.4 Å². The summed E-state index contributed by atoms with van der Waals surface area (Å²) in [7, 11) is 0. The third-order valence-corrected chi connectivity index (χ3v) is 3.99. The lowest BCUT2D eigenvalue weighted by Crippen LogP contribution is -2.22. The first-order valence-electron chi connectivity index (χ1n) is 8.67. The number of amides is 1. The van der Waals surface area contributed by atoms with Crippen LogP contribution in [0.4, 0.5) is 0 Å². The van der Waals surface area contributed by atoms with Crippen molar-refractivity contribution in [1.82, 2.24) is 15.1 Å². The van der Waals surface area contributed by atoms with Crippen LogP contribution < -0.4 is 10.1 Å². The fourth-order valence-electron chi connectivity index (χ4n) is 2.46. The molecule has 2 heterocycles. The maximum atomic E-state index is 12.2. The highest BCUT2D eigenvalue weighted by Crippen LogP contribution is 2.16. The Labute approximate surface area is 156 Å². The highest BCUT2D eigenvalue weighted by atomic mass is 16.5. The molecular weight excluding hydrogens is 346 g/mol. The van der Waals surface area contributed by atoms with Crippen molar-refractivity contribution in [3.8, 4) is 5.75 Å². The number of hydrogen-bond acceptors (Lipinski definition) is 5. The average Bonchev–Trinajstić information content (AvgIpc) is 3.34. The number of aromatic nitrogens is 2. The summed E-state index contributed by atoms with van der Waals surface area (Å²) in [4.78, 5) is 23.4. The van der Waals surface area contributed by atoms with Gasteiger partial charge in [-0.3, -0.25) is 14.3 Å². The fourth-order valence-corrected chi connectivity index (χ4v) is 2.46. The molecule has 0 radical (unpaired) electrons. The molecule has 0 spiro atoms. The number of carbonyl (C=O) groups is 2. The molecule has 140 valence electrons. The predicted octanol–water partition coefficient (Wildman–Crippen LogP) is 3.21. The van der Waals surface area contributed by atoms with Crippen molar-refractivity contribution < 1.29 is 18.7 Å². The highest BCUT2D eigenvalue weighted by molar-refractivity contribution is 5.94. The Morgan fingerprint density at radius 2 is 1.96 bits per heavy atom. The van der Waals surface area contributed by atoms with Gasteiger partial charge in [0.05, 0.1) is 6.20 Å². The van der Waals surface area contributed by atoms with Crippen LogP contribution in [0.2, 0.25) is 0 Å². The Bertz CT molecular complexity index is 925. The van der Waals surface area contributed by atoms with Gasteiger partial charge in [0, 0.05) is 30.4 Å². The molecule has 0 unspecified atom stereocenters. The molecule has 7 nitrogen and oxygen atoms in total. The first-order chi connectivity index (χ1) is 13.0. The van der Waals surface area contributed by atoms with E-state index in [1.807, 2.05) is 13.1 Å². The fraction of sp³-hybridized carbons (Fsp3) is 0.250. The third kappa shape index (κ3) is 4.84. The number of ketones is 1. The number of nitrogens with one attached hydrogen (secondary N) is 1. The van der Waals surface area contributed by atoms with Crippen molar-refractivity contribution in [2.24, 2.45) is 0 Å². The molecule has 1 aromatic carbocycles. The zero-order valence-electron chi connectivity index (χ0n) is 15.3. The van der Waals surface area contributed by atoms with Gasteiger partial charge in [-0.1, -0.05) is 0 Å². The van der Waals surface area contributed by atoms with E-state index >= 15 is 0 Å². The summed E-state index contributed by atoms with van der Waals surface area (Å²) in [5.74, 6) is 1.09. The average molecular weight is 367 g/mol. The van der Waals surface area contributed by atoms with Crippen LogP contribution in [-0.4, -0.2) is 21.5 Å². The molecule has 2 aromatic heterocycles. The molecule has 0 saturated heterocycles. The number of hydrogen-bond donors (Lipinski definition) is 1. The Morgan fingerprint density at radius 1 is 1.19 bits per heavy atom. The van der Waals surface area contributed by atoms with Crippen LogP contribution in [0.15, 0.2) is 53.2 Å². The predicted molar refractivity (Wildman–Crippen MR) is 98.6 cm³/mol. The van der Waals surface area contributed by atoms with Crippen LogP contribution in [0, 0.1) is 0 Å². The standard InChI is InChI=1S/C20H21N3O4/c1-3-23-12-15(11-22-23)10-21-20(25)19-9-8-18(27-19)13-26-17-6-4-16(5-7-17)14(2)24/h4-9,11-12H,3,10,13H2,1-2H3,(H,21,25). The summed E-state index contributed by atoms with van der Waals surface area (Å²) >= 11 is 0. The molecule has 3 aromatic rings. The SMILES string of the molecule is CCn1cc(CNC(=O)c2ccc(COc3ccc(C(C)=O)cc3)o2)cn1. The zero-order chi connectivity index (χ0) is 19.2. The maximum Gasteiger partial charge on any atom is 0.287 e. The lowest BCUT2D eigenvalue weighted by molar-refractivity contribution is 0.0918. The molecule has 27 heavy (non-hydrogen) atoms. The molecule has 0 aliphatic carbocycles. The van der Waals surface area contributed by atoms with Crippen LogP contribution in [0.25, 0.3) is 0 Å². The van der Waals surface area contributed by atoms with Crippen LogP contribution in [0.1, 0.15) is 46.1 Å². The van der Waals surface area contributed by atoms with Crippen molar-refractivity contribution in [2.45, 2.75) is 33.5 Å². The van der Waals surface area contributed by atoms with E-state index in [1.54, 1.807) is 47.3 Å². The molecule has 0 saturated carbocycles. The van der Waals surface area contributed by atoms with Crippen molar-refractivity contribution in [2.75, 3.05) is 0 Å². The van der Waals surface area contributed by atoms with E-state index in [0.717, 1.165) is 12.1 Å². The number of ether oxygens (including phenoxy) is 1. The Kier molecular flexibility index (Phi) is 5.71. The van der Waals surface area contributed by atoms with E-state index in [2.05, 4.69) is 10.4 Å². The number of Topliss-reactive ketones (excluding diaryl/α,β-unsaturated/α-hetero) is 1. The van der Waals surface area contributed by atoms with E-state index in [9.17, 15) is 9.59 Å². The van der Waals surface area contributed by atoms with Crippen LogP contribution in [0.5, 0.6) is 5.75 Å². The van der Waals surface area contributed by atoms with Crippen LogP contribution >= 0.6 is 0 Å². The molecule has 0 fully saturated rings. The van der Waals surface area contributed by atoms with E-state index in [1.165, 1.54) is 6.92 Å². The molecule has 0 bridgehead atoms. The van der Waals surface area contributed by atoms with Gasteiger partial charge in [-0.05, 0) is 50.2 Å². The van der Waals surface area contributed by atoms with Gasteiger partial charge in [-0.15, -0.1) is 0 Å². The quantitative estimate of drug-likeness (QED) is 0.618. The van der Waals surface area contributed by atoms with E-state index in [-0.39, 0.29) is 24.1 Å². The molecule has 0 aliphatic rings. The van der Waals surface area contributed by atoms with E-state index in [0.29, 0.717) is 23.6 Å². The van der Waals surface area contributed by atoms with Gasteiger partial charge >= 0.3 is 0 Å². The van der Waals surface area contributed by atoms with Gasteiger partial charge in [0.1, 0.15) is 18.1 Å². The number of benzene rings is 1. The van der Waals surface area contributed by atoms with Gasteiger partial charge < -0.3 is 14.5 Å². The van der Waals surface area contributed by atoms with Crippen molar-refractivity contribution >= 4 is 11.7 Å². The minimum absolute atomic E-state index is 0.00489. The number of aryl methyl sites for hydroxylation is 1. The topological polar surface area (TPSA) is 86.4 Å².